The molecule has 4 aromatic rings. The summed E-state index contributed by atoms with van der Waals surface area (Å²) >= 11 is 6.24. The number of tetrazole rings is 1. The van der Waals surface area contributed by atoms with Crippen LogP contribution in [0.1, 0.15) is 48.8 Å². The van der Waals surface area contributed by atoms with E-state index in [0.29, 0.717) is 83.6 Å². The average molecular weight is 702 g/mol. The number of imidazole rings is 1. The van der Waals surface area contributed by atoms with Gasteiger partial charge < -0.3 is 30.0 Å². The molecule has 4 N–H and O–H groups in total. The molecule has 17 heteroatoms. The summed E-state index contributed by atoms with van der Waals surface area (Å²) < 4.78 is 11.4. The third-order valence-corrected chi connectivity index (χ3v) is 8.30. The fraction of sp³-hybridized carbons (Fsp3) is 0.333. The van der Waals surface area contributed by atoms with Gasteiger partial charge in [-0.3, -0.25) is 14.9 Å². The third kappa shape index (κ3) is 8.62. The van der Waals surface area contributed by atoms with Gasteiger partial charge in [-0.05, 0) is 65.7 Å². The molecule has 1 aliphatic heterocycles. The molecule has 5 rings (SSSR count). The molecule has 50 heavy (non-hydrogen) atoms. The van der Waals surface area contributed by atoms with Crippen LogP contribution in [0, 0.1) is 11.3 Å². The summed E-state index contributed by atoms with van der Waals surface area (Å²) in [4.78, 5) is 48.5. The molecule has 0 aliphatic carbocycles. The van der Waals surface area contributed by atoms with Crippen molar-refractivity contribution in [2.24, 2.45) is 0 Å². The van der Waals surface area contributed by atoms with Gasteiger partial charge in [-0.2, -0.15) is 9.94 Å². The van der Waals surface area contributed by atoms with Crippen LogP contribution in [-0.4, -0.2) is 93.4 Å². The van der Waals surface area contributed by atoms with Gasteiger partial charge in [0.2, 0.25) is 11.8 Å². The number of aromatic nitrogens is 6. The van der Waals surface area contributed by atoms with Crippen LogP contribution in [0.15, 0.2) is 48.8 Å². The van der Waals surface area contributed by atoms with Crippen molar-refractivity contribution in [1.82, 2.24) is 40.4 Å². The number of nitrogens with zero attached hydrogens (tertiary/aromatic N) is 7. The Labute approximate surface area is 292 Å². The highest BCUT2D eigenvalue weighted by molar-refractivity contribution is 6.30. The molecule has 0 radical (unpaired) electrons. The van der Waals surface area contributed by atoms with Gasteiger partial charge in [-0.1, -0.05) is 24.4 Å². The number of anilines is 2. The Morgan fingerprint density at radius 2 is 2.00 bits per heavy atom. The molecule has 2 aromatic heterocycles. The van der Waals surface area contributed by atoms with E-state index < -0.39 is 24.1 Å². The number of carbonyl (C=O) groups is 3. The van der Waals surface area contributed by atoms with Gasteiger partial charge in [-0.25, -0.2) is 9.78 Å². The lowest BCUT2D eigenvalue weighted by Gasteiger charge is -2.27. The van der Waals surface area contributed by atoms with E-state index in [-0.39, 0.29) is 11.6 Å². The molecule has 260 valence electrons. The first-order chi connectivity index (χ1) is 24.2. The minimum atomic E-state index is -0.666. The number of ether oxygens (including phenoxy) is 2. The zero-order valence-corrected chi connectivity index (χ0v) is 28.4. The van der Waals surface area contributed by atoms with Crippen LogP contribution in [0.3, 0.4) is 0 Å². The normalized spacial score (nSPS) is 15.8. The number of hydrogen-bond donors (Lipinski definition) is 4. The third-order valence-electron chi connectivity index (χ3n) is 8.07. The highest BCUT2D eigenvalue weighted by Gasteiger charge is 2.27. The van der Waals surface area contributed by atoms with Gasteiger partial charge in [0.1, 0.15) is 24.3 Å². The summed E-state index contributed by atoms with van der Waals surface area (Å²) in [5.74, 6) is -0.167. The van der Waals surface area contributed by atoms with Crippen molar-refractivity contribution in [1.29, 1.82) is 5.26 Å². The minimum Gasteiger partial charge on any atom is -0.453 e. The maximum atomic E-state index is 13.7. The number of nitriles is 1. The van der Waals surface area contributed by atoms with Crippen molar-refractivity contribution in [3.63, 3.8) is 0 Å². The number of hydrogen-bond acceptors (Lipinski definition) is 11. The van der Waals surface area contributed by atoms with Gasteiger partial charge in [0.15, 0.2) is 5.69 Å². The van der Waals surface area contributed by atoms with Crippen molar-refractivity contribution >= 4 is 47.0 Å². The maximum Gasteiger partial charge on any atom is 0.411 e. The number of fused-ring (bicyclic) bond motifs is 4. The SMILES string of the molecule is COCCN(C)C(=O)[C@H]1CCCC[C@H](NC(=O)/C=C/c2cc(Cl)ccc2-n2cnnn2)c2nc(C#N)c([nH]2)-c2ccc(NC(=O)OC)cc2N1. The first kappa shape index (κ1) is 35.5. The lowest BCUT2D eigenvalue weighted by molar-refractivity contribution is -0.131. The summed E-state index contributed by atoms with van der Waals surface area (Å²) in [7, 11) is 4.53. The summed E-state index contributed by atoms with van der Waals surface area (Å²) in [5, 5.41) is 30.9. The standard InChI is InChI=1S/C33H36ClN11O5/c1-44(14-15-49-2)32(47)25-7-5-4-6-24(39-29(46)13-8-20-16-21(34)9-12-28(20)45-19-36-42-43-45)31-40-27(18-35)30(41-31)23-11-10-22(17-26(23)38-25)37-33(48)50-3/h8-13,16-17,19,24-25,38H,4-7,14-15H2,1-3H3,(H,37,48)(H,39,46)(H,40,41)/b13-8+/t24-,25+/m0/s1. The average Bonchev–Trinajstić information content (AvgIpc) is 3.81. The van der Waals surface area contributed by atoms with E-state index in [1.165, 1.54) is 24.2 Å². The molecule has 0 unspecified atom stereocenters. The minimum absolute atomic E-state index is 0.0934. The van der Waals surface area contributed by atoms with Crippen molar-refractivity contribution < 1.29 is 23.9 Å². The maximum absolute atomic E-state index is 13.7. The second-order valence-corrected chi connectivity index (χ2v) is 11.9. The summed E-state index contributed by atoms with van der Waals surface area (Å²) in [6.45, 7) is 0.758. The predicted octanol–water partition coefficient (Wildman–Crippen LogP) is 4.09. The highest BCUT2D eigenvalue weighted by Crippen LogP contribution is 2.35. The monoisotopic (exact) mass is 701 g/mol. The molecule has 0 fully saturated rings. The number of halogens is 1. The lowest BCUT2D eigenvalue weighted by Crippen LogP contribution is -2.42. The van der Waals surface area contributed by atoms with E-state index in [0.717, 1.165) is 0 Å². The first-order valence-electron chi connectivity index (χ1n) is 15.7. The van der Waals surface area contributed by atoms with Gasteiger partial charge >= 0.3 is 6.09 Å². The quantitative estimate of drug-likeness (QED) is 0.183. The van der Waals surface area contributed by atoms with Gasteiger partial charge in [0, 0.05) is 54.3 Å². The van der Waals surface area contributed by atoms with Crippen LogP contribution in [0.5, 0.6) is 0 Å². The summed E-state index contributed by atoms with van der Waals surface area (Å²) in [6, 6.07) is 11.0. The molecule has 3 heterocycles. The van der Waals surface area contributed by atoms with E-state index in [4.69, 9.17) is 21.1 Å². The van der Waals surface area contributed by atoms with Gasteiger partial charge in [0.05, 0.1) is 31.1 Å². The molecular formula is C33H36ClN11O5. The lowest BCUT2D eigenvalue weighted by atomic mass is 10.0. The van der Waals surface area contributed by atoms with Crippen LogP contribution in [0.25, 0.3) is 23.0 Å². The smallest absolute Gasteiger partial charge is 0.411 e. The molecule has 0 saturated heterocycles. The largest absolute Gasteiger partial charge is 0.453 e. The summed E-state index contributed by atoms with van der Waals surface area (Å²) in [6.07, 6.45) is 5.94. The Balaban J connectivity index is 1.48. The molecule has 1 aliphatic rings. The van der Waals surface area contributed by atoms with Crippen molar-refractivity contribution in [3.05, 3.63) is 70.9 Å². The Kier molecular flexibility index (Phi) is 11.8. The number of nitrogens with one attached hydrogen (secondary N) is 4. The highest BCUT2D eigenvalue weighted by atomic mass is 35.5. The number of carbonyl (C=O) groups excluding carboxylic acids is 3. The number of aromatic amines is 1. The fourth-order valence-corrected chi connectivity index (χ4v) is 5.69. The number of likely N-dealkylation sites (N-methyl/N-ethyl adjacent to an activating group) is 1. The number of rotatable bonds is 9. The molecule has 3 amide bonds. The molecule has 16 nitrogen and oxygen atoms in total. The Morgan fingerprint density at radius 1 is 1.18 bits per heavy atom. The van der Waals surface area contributed by atoms with Crippen molar-refractivity contribution in [2.75, 3.05) is 45.1 Å². The van der Waals surface area contributed by atoms with E-state index >= 15 is 0 Å². The molecule has 2 atom stereocenters. The summed E-state index contributed by atoms with van der Waals surface area (Å²) in [5.41, 5.74) is 3.14. The van der Waals surface area contributed by atoms with Gasteiger partial charge in [-0.15, -0.1) is 5.10 Å². The topological polar surface area (TPSA) is 205 Å². The van der Waals surface area contributed by atoms with Crippen molar-refractivity contribution in [3.8, 4) is 23.0 Å². The second kappa shape index (κ2) is 16.5. The Hall–Kier alpha value is -5.79. The Morgan fingerprint density at radius 3 is 2.74 bits per heavy atom. The Bertz CT molecular complexity index is 1900. The van der Waals surface area contributed by atoms with Crippen LogP contribution in [0.2, 0.25) is 5.02 Å². The van der Waals surface area contributed by atoms with Crippen LogP contribution in [-0.2, 0) is 19.1 Å². The van der Waals surface area contributed by atoms with Crippen LogP contribution in [0.4, 0.5) is 16.2 Å². The van der Waals surface area contributed by atoms with E-state index in [9.17, 15) is 19.6 Å². The number of methoxy groups -OCH3 is 2. The van der Waals surface area contributed by atoms with Gasteiger partial charge in [0.25, 0.3) is 0 Å². The van der Waals surface area contributed by atoms with E-state index in [2.05, 4.69) is 47.5 Å². The first-order valence-corrected chi connectivity index (χ1v) is 16.1. The molecule has 0 saturated carbocycles. The van der Waals surface area contributed by atoms with Crippen LogP contribution < -0.4 is 16.0 Å². The van der Waals surface area contributed by atoms with Crippen molar-refractivity contribution in [2.45, 2.75) is 37.8 Å². The molecule has 0 spiro atoms. The van der Waals surface area contributed by atoms with E-state index in [1.807, 2.05) is 0 Å². The zero-order valence-electron chi connectivity index (χ0n) is 27.6. The number of benzene rings is 2. The van der Waals surface area contributed by atoms with Crippen LogP contribution >= 0.6 is 11.6 Å². The number of amides is 3. The predicted molar refractivity (Wildman–Crippen MR) is 184 cm³/mol. The van der Waals surface area contributed by atoms with E-state index in [1.54, 1.807) is 61.5 Å². The number of H-pyrrole nitrogens is 1. The zero-order chi connectivity index (χ0) is 35.6. The molecule has 2 bridgehead atoms. The fourth-order valence-electron chi connectivity index (χ4n) is 5.51. The second-order valence-electron chi connectivity index (χ2n) is 11.4. The molecular weight excluding hydrogens is 666 g/mol. The molecule has 2 aromatic carbocycles.